The van der Waals surface area contributed by atoms with Gasteiger partial charge < -0.3 is 4.74 Å². The smallest absolute Gasteiger partial charge is 0.429 e. The third-order valence-electron chi connectivity index (χ3n) is 3.85. The largest absolute Gasteiger partial charge is 0.445 e. The van der Waals surface area contributed by atoms with Crippen molar-refractivity contribution in [3.63, 3.8) is 0 Å². The van der Waals surface area contributed by atoms with Crippen LogP contribution in [-0.4, -0.2) is 27.1 Å². The second-order valence-electron chi connectivity index (χ2n) is 6.22. The first kappa shape index (κ1) is 21.2. The Bertz CT molecular complexity index is 1030. The number of alkyl halides is 3. The van der Waals surface area contributed by atoms with Crippen LogP contribution in [0.3, 0.4) is 0 Å². The Morgan fingerprint density at radius 1 is 1.10 bits per heavy atom. The third-order valence-corrected chi connectivity index (χ3v) is 3.85. The van der Waals surface area contributed by atoms with Gasteiger partial charge in [0.1, 0.15) is 17.3 Å². The summed E-state index contributed by atoms with van der Waals surface area (Å²) in [5.41, 5.74) is 0.298. The Balaban J connectivity index is 1.69. The lowest BCUT2D eigenvalue weighted by atomic mass is 10.1. The van der Waals surface area contributed by atoms with Gasteiger partial charge in [-0.25, -0.2) is 18.3 Å². The van der Waals surface area contributed by atoms with E-state index in [9.17, 15) is 26.7 Å². The van der Waals surface area contributed by atoms with Crippen LogP contribution >= 0.6 is 0 Å². The number of nitrogens with zero attached hydrogens (tertiary/aromatic N) is 3. The molecule has 2 aromatic carbocycles. The van der Waals surface area contributed by atoms with Crippen molar-refractivity contribution in [1.29, 1.82) is 0 Å². The normalized spacial score (nSPS) is 12.8. The molecule has 0 bridgehead atoms. The van der Waals surface area contributed by atoms with Gasteiger partial charge in [-0.15, -0.1) is 5.10 Å². The SMILES string of the molecule is O=C(C=Cc1cn(Cc2ccccc2)nn1)OC(c1cc(F)cc(F)c1)C(F)(F)F. The number of benzene rings is 2. The van der Waals surface area contributed by atoms with Crippen molar-refractivity contribution < 1.29 is 31.5 Å². The first-order valence-electron chi connectivity index (χ1n) is 8.56. The van der Waals surface area contributed by atoms with Crippen molar-refractivity contribution in [1.82, 2.24) is 15.0 Å². The van der Waals surface area contributed by atoms with Gasteiger partial charge in [0.2, 0.25) is 6.10 Å². The molecule has 1 atom stereocenters. The highest BCUT2D eigenvalue weighted by molar-refractivity contribution is 5.86. The number of carbonyl (C=O) groups excluding carboxylic acids is 1. The molecule has 0 saturated carbocycles. The lowest BCUT2D eigenvalue weighted by molar-refractivity contribution is -0.221. The Morgan fingerprint density at radius 3 is 2.40 bits per heavy atom. The maximum atomic E-state index is 13.3. The monoisotopic (exact) mass is 423 g/mol. The van der Waals surface area contributed by atoms with Gasteiger partial charge in [-0.05, 0) is 23.8 Å². The number of ether oxygens (including phenoxy) is 1. The molecular formula is C20H14F5N3O2. The van der Waals surface area contributed by atoms with Crippen molar-refractivity contribution in [2.75, 3.05) is 0 Å². The molecule has 1 unspecified atom stereocenters. The summed E-state index contributed by atoms with van der Waals surface area (Å²) in [6.07, 6.45) is -4.56. The van der Waals surface area contributed by atoms with Gasteiger partial charge >= 0.3 is 12.1 Å². The Morgan fingerprint density at radius 2 is 1.77 bits per heavy atom. The molecule has 3 rings (SSSR count). The zero-order chi connectivity index (χ0) is 21.7. The van der Waals surface area contributed by atoms with E-state index in [1.54, 1.807) is 0 Å². The zero-order valence-electron chi connectivity index (χ0n) is 15.2. The second-order valence-corrected chi connectivity index (χ2v) is 6.22. The van der Waals surface area contributed by atoms with Gasteiger partial charge in [-0.1, -0.05) is 35.5 Å². The summed E-state index contributed by atoms with van der Waals surface area (Å²) in [7, 11) is 0. The molecule has 156 valence electrons. The third kappa shape index (κ3) is 5.72. The molecule has 0 radical (unpaired) electrons. The molecule has 0 saturated heterocycles. The van der Waals surface area contributed by atoms with Crippen LogP contribution in [0.4, 0.5) is 22.0 Å². The summed E-state index contributed by atoms with van der Waals surface area (Å²) in [6.45, 7) is 0.410. The van der Waals surface area contributed by atoms with Crippen molar-refractivity contribution in [2.24, 2.45) is 0 Å². The maximum absolute atomic E-state index is 13.3. The van der Waals surface area contributed by atoms with Crippen LogP contribution < -0.4 is 0 Å². The topological polar surface area (TPSA) is 57.0 Å². The number of hydrogen-bond donors (Lipinski definition) is 0. The molecule has 0 N–H and O–H groups in total. The van der Waals surface area contributed by atoms with E-state index in [-0.39, 0.29) is 5.69 Å². The van der Waals surface area contributed by atoms with Crippen LogP contribution in [-0.2, 0) is 16.1 Å². The highest BCUT2D eigenvalue weighted by Crippen LogP contribution is 2.36. The highest BCUT2D eigenvalue weighted by atomic mass is 19.4. The van der Waals surface area contributed by atoms with E-state index in [1.807, 2.05) is 30.3 Å². The molecule has 10 heteroatoms. The van der Waals surface area contributed by atoms with Crippen LogP contribution in [0.2, 0.25) is 0 Å². The number of hydrogen-bond acceptors (Lipinski definition) is 4. The van der Waals surface area contributed by atoms with Gasteiger partial charge in [0, 0.05) is 17.7 Å². The standard InChI is InChI=1S/C20H14F5N3O2/c21-15-8-14(9-16(22)10-15)19(20(23,24)25)30-18(29)7-6-17-12-28(27-26-17)11-13-4-2-1-3-5-13/h1-10,12,19H,11H2. The number of halogens is 5. The van der Waals surface area contributed by atoms with Crippen LogP contribution in [0, 0.1) is 11.6 Å². The van der Waals surface area contributed by atoms with Gasteiger partial charge in [-0.3, -0.25) is 0 Å². The first-order valence-corrected chi connectivity index (χ1v) is 8.56. The molecule has 0 spiro atoms. The summed E-state index contributed by atoms with van der Waals surface area (Å²) < 4.78 is 72.1. The number of aromatic nitrogens is 3. The van der Waals surface area contributed by atoms with Crippen LogP contribution in [0.1, 0.15) is 22.9 Å². The Hall–Kier alpha value is -3.56. The minimum atomic E-state index is -5.07. The maximum Gasteiger partial charge on any atom is 0.429 e. The quantitative estimate of drug-likeness (QED) is 0.334. The molecule has 0 aliphatic carbocycles. The fourth-order valence-electron chi connectivity index (χ4n) is 2.60. The summed E-state index contributed by atoms with van der Waals surface area (Å²) in [5.74, 6) is -3.80. The molecular weight excluding hydrogens is 409 g/mol. The average Bonchev–Trinajstić information content (AvgIpc) is 3.11. The van der Waals surface area contributed by atoms with E-state index in [0.29, 0.717) is 24.7 Å². The van der Waals surface area contributed by atoms with Crippen molar-refractivity contribution in [3.05, 3.63) is 89.3 Å². The van der Waals surface area contributed by atoms with Crippen molar-refractivity contribution in [2.45, 2.75) is 18.8 Å². The second kappa shape index (κ2) is 8.85. The van der Waals surface area contributed by atoms with Crippen molar-refractivity contribution in [3.8, 4) is 0 Å². The van der Waals surface area contributed by atoms with Gasteiger partial charge in [0.25, 0.3) is 0 Å². The Kier molecular flexibility index (Phi) is 6.24. The number of carbonyl (C=O) groups is 1. The molecule has 5 nitrogen and oxygen atoms in total. The van der Waals surface area contributed by atoms with E-state index >= 15 is 0 Å². The molecule has 1 heterocycles. The van der Waals surface area contributed by atoms with Gasteiger partial charge in [0.15, 0.2) is 0 Å². The minimum absolute atomic E-state index is 0.211. The molecule has 30 heavy (non-hydrogen) atoms. The molecule has 1 aromatic heterocycles. The molecule has 3 aromatic rings. The van der Waals surface area contributed by atoms with Gasteiger partial charge in [-0.2, -0.15) is 13.2 Å². The number of rotatable bonds is 6. The summed E-state index contributed by atoms with van der Waals surface area (Å²) in [6, 6.07) is 10.6. The molecule has 0 fully saturated rings. The molecule has 0 aliphatic heterocycles. The minimum Gasteiger partial charge on any atom is -0.445 e. The lowest BCUT2D eigenvalue weighted by Crippen LogP contribution is -2.26. The molecule has 0 amide bonds. The van der Waals surface area contributed by atoms with E-state index < -0.39 is 35.4 Å². The number of esters is 1. The fourth-order valence-corrected chi connectivity index (χ4v) is 2.60. The predicted molar refractivity (Wildman–Crippen MR) is 95.8 cm³/mol. The highest BCUT2D eigenvalue weighted by Gasteiger charge is 2.44. The van der Waals surface area contributed by atoms with E-state index in [0.717, 1.165) is 17.7 Å². The summed E-state index contributed by atoms with van der Waals surface area (Å²) in [5, 5.41) is 7.65. The Labute approximate surface area is 167 Å². The summed E-state index contributed by atoms with van der Waals surface area (Å²) in [4.78, 5) is 11.9. The van der Waals surface area contributed by atoms with Crippen LogP contribution in [0.25, 0.3) is 6.08 Å². The summed E-state index contributed by atoms with van der Waals surface area (Å²) >= 11 is 0. The van der Waals surface area contributed by atoms with Crippen LogP contribution in [0.5, 0.6) is 0 Å². The fraction of sp³-hybridized carbons (Fsp3) is 0.150. The van der Waals surface area contributed by atoms with E-state index in [2.05, 4.69) is 15.0 Å². The van der Waals surface area contributed by atoms with Crippen molar-refractivity contribution >= 4 is 12.0 Å². The van der Waals surface area contributed by atoms with Gasteiger partial charge in [0.05, 0.1) is 12.7 Å². The van der Waals surface area contributed by atoms with Crippen LogP contribution in [0.15, 0.2) is 60.8 Å². The van der Waals surface area contributed by atoms with E-state index in [1.165, 1.54) is 10.9 Å². The van der Waals surface area contributed by atoms with E-state index in [4.69, 9.17) is 0 Å². The average molecular weight is 423 g/mol. The zero-order valence-corrected chi connectivity index (χ0v) is 15.2. The molecule has 0 aliphatic rings. The first-order chi connectivity index (χ1) is 14.2. The predicted octanol–water partition coefficient (Wildman–Crippen LogP) is 4.46. The lowest BCUT2D eigenvalue weighted by Gasteiger charge is -2.20.